The third-order valence-corrected chi connectivity index (χ3v) is 0.943. The van der Waals surface area contributed by atoms with Crippen LogP contribution in [0.4, 0.5) is 0 Å². The summed E-state index contributed by atoms with van der Waals surface area (Å²) in [7, 11) is -4.65. The Kier molecular flexibility index (Phi) is 3.26. The lowest BCUT2D eigenvalue weighted by molar-refractivity contribution is -0.134. The summed E-state index contributed by atoms with van der Waals surface area (Å²) in [6.07, 6.45) is -0.236. The molecule has 0 spiro atoms. The van der Waals surface area contributed by atoms with Gasteiger partial charge in [-0.25, -0.2) is 0 Å². The number of carbonyl (C=O) groups excluding carboxylic acids is 1. The summed E-state index contributed by atoms with van der Waals surface area (Å²) in [4.78, 5) is 10.2. The first-order chi connectivity index (χ1) is 4.45. The SMILES string of the molecule is NCCC(=O)OS(=O)(=O)O. The largest absolute Gasteiger partial charge is 0.448 e. The molecule has 0 bridgehead atoms. The van der Waals surface area contributed by atoms with Crippen LogP contribution in [0.15, 0.2) is 0 Å². The Hall–Kier alpha value is -0.660. The van der Waals surface area contributed by atoms with Crippen LogP contribution in [0, 0.1) is 0 Å². The Bertz CT molecular complexity index is 207. The van der Waals surface area contributed by atoms with E-state index in [-0.39, 0.29) is 13.0 Å². The third kappa shape index (κ3) is 5.48. The van der Waals surface area contributed by atoms with Gasteiger partial charge in [0.25, 0.3) is 0 Å². The minimum Gasteiger partial charge on any atom is -0.330 e. The van der Waals surface area contributed by atoms with Crippen molar-refractivity contribution in [3.63, 3.8) is 0 Å². The molecule has 0 rings (SSSR count). The van der Waals surface area contributed by atoms with Crippen molar-refractivity contribution < 1.29 is 21.9 Å². The van der Waals surface area contributed by atoms with E-state index in [9.17, 15) is 13.2 Å². The highest BCUT2D eigenvalue weighted by atomic mass is 32.3. The van der Waals surface area contributed by atoms with Crippen molar-refractivity contribution in [2.45, 2.75) is 6.42 Å². The molecule has 0 aliphatic heterocycles. The molecule has 10 heavy (non-hydrogen) atoms. The molecule has 60 valence electrons. The zero-order valence-electron chi connectivity index (χ0n) is 4.98. The fourth-order valence-electron chi connectivity index (χ4n) is 0.277. The van der Waals surface area contributed by atoms with Gasteiger partial charge in [-0.1, -0.05) is 0 Å². The van der Waals surface area contributed by atoms with E-state index in [4.69, 9.17) is 10.3 Å². The van der Waals surface area contributed by atoms with Crippen LogP contribution in [0.3, 0.4) is 0 Å². The van der Waals surface area contributed by atoms with E-state index in [0.717, 1.165) is 0 Å². The van der Waals surface area contributed by atoms with Crippen LogP contribution in [0.25, 0.3) is 0 Å². The first-order valence-electron chi connectivity index (χ1n) is 2.35. The summed E-state index contributed by atoms with van der Waals surface area (Å²) in [6, 6.07) is 0. The highest BCUT2D eigenvalue weighted by molar-refractivity contribution is 7.81. The van der Waals surface area contributed by atoms with E-state index in [0.29, 0.717) is 0 Å². The minimum absolute atomic E-state index is 0.0195. The van der Waals surface area contributed by atoms with E-state index in [2.05, 4.69) is 4.18 Å². The lowest BCUT2D eigenvalue weighted by Crippen LogP contribution is -2.15. The van der Waals surface area contributed by atoms with Crippen molar-refractivity contribution in [3.05, 3.63) is 0 Å². The van der Waals surface area contributed by atoms with E-state index >= 15 is 0 Å². The smallest absolute Gasteiger partial charge is 0.330 e. The van der Waals surface area contributed by atoms with Crippen LogP contribution in [-0.2, 0) is 19.4 Å². The Morgan fingerprint density at radius 2 is 2.10 bits per heavy atom. The number of rotatable bonds is 3. The van der Waals surface area contributed by atoms with Gasteiger partial charge < -0.3 is 9.92 Å². The predicted molar refractivity (Wildman–Crippen MR) is 31.3 cm³/mol. The number of hydrogen-bond donors (Lipinski definition) is 2. The molecule has 0 aromatic rings. The van der Waals surface area contributed by atoms with Crippen LogP contribution in [-0.4, -0.2) is 25.5 Å². The Balaban J connectivity index is 3.82. The first-order valence-corrected chi connectivity index (χ1v) is 3.72. The van der Waals surface area contributed by atoms with Gasteiger partial charge in [-0.15, -0.1) is 0 Å². The summed E-state index contributed by atoms with van der Waals surface area (Å²) < 4.78 is 31.0. The summed E-state index contributed by atoms with van der Waals surface area (Å²) in [5.41, 5.74) is 4.87. The zero-order chi connectivity index (χ0) is 8.20. The van der Waals surface area contributed by atoms with Gasteiger partial charge in [-0.05, 0) is 0 Å². The highest BCUT2D eigenvalue weighted by Crippen LogP contribution is 1.89. The average molecular weight is 169 g/mol. The molecule has 0 unspecified atom stereocenters. The normalized spacial score (nSPS) is 11.0. The monoisotopic (exact) mass is 169 g/mol. The Morgan fingerprint density at radius 3 is 2.40 bits per heavy atom. The molecule has 0 aliphatic rings. The molecule has 0 heterocycles. The van der Waals surface area contributed by atoms with Crippen LogP contribution >= 0.6 is 0 Å². The molecule has 0 aromatic heterocycles. The summed E-state index contributed by atoms with van der Waals surface area (Å²) >= 11 is 0. The van der Waals surface area contributed by atoms with Gasteiger partial charge in [0.05, 0.1) is 6.42 Å². The second-order valence-electron chi connectivity index (χ2n) is 1.42. The van der Waals surface area contributed by atoms with Gasteiger partial charge in [-0.2, -0.15) is 8.42 Å². The maximum absolute atomic E-state index is 10.2. The van der Waals surface area contributed by atoms with Crippen LogP contribution in [0.5, 0.6) is 0 Å². The topological polar surface area (TPSA) is 107 Å². The second kappa shape index (κ2) is 3.49. The van der Waals surface area contributed by atoms with Gasteiger partial charge >= 0.3 is 16.4 Å². The van der Waals surface area contributed by atoms with Gasteiger partial charge in [0, 0.05) is 6.54 Å². The quantitative estimate of drug-likeness (QED) is 0.507. The fraction of sp³-hybridized carbons (Fsp3) is 0.667. The van der Waals surface area contributed by atoms with E-state index in [1.54, 1.807) is 0 Å². The van der Waals surface area contributed by atoms with Crippen molar-refractivity contribution in [1.82, 2.24) is 0 Å². The van der Waals surface area contributed by atoms with Gasteiger partial charge in [0.2, 0.25) is 0 Å². The van der Waals surface area contributed by atoms with Crippen molar-refractivity contribution in [3.8, 4) is 0 Å². The minimum atomic E-state index is -4.65. The summed E-state index contributed by atoms with van der Waals surface area (Å²) in [5.74, 6) is -1.06. The number of hydrogen-bond acceptors (Lipinski definition) is 5. The molecule has 0 radical (unpaired) electrons. The van der Waals surface area contributed by atoms with Crippen molar-refractivity contribution in [2.75, 3.05) is 6.54 Å². The number of carbonyl (C=O) groups is 1. The summed E-state index contributed by atoms with van der Waals surface area (Å²) in [6.45, 7) is -0.0195. The van der Waals surface area contributed by atoms with Crippen molar-refractivity contribution >= 4 is 16.4 Å². The average Bonchev–Trinajstić information content (AvgIpc) is 1.59. The Morgan fingerprint density at radius 1 is 1.60 bits per heavy atom. The van der Waals surface area contributed by atoms with Crippen LogP contribution in [0.1, 0.15) is 6.42 Å². The molecule has 0 saturated carbocycles. The second-order valence-corrected chi connectivity index (χ2v) is 2.44. The lowest BCUT2D eigenvalue weighted by atomic mass is 10.5. The number of nitrogens with two attached hydrogens (primary N) is 1. The first kappa shape index (κ1) is 9.34. The molecule has 0 amide bonds. The Labute approximate surface area is 57.9 Å². The maximum Gasteiger partial charge on any atom is 0.448 e. The molecule has 0 atom stereocenters. The zero-order valence-corrected chi connectivity index (χ0v) is 5.80. The maximum atomic E-state index is 10.2. The molecule has 6 nitrogen and oxygen atoms in total. The standard InChI is InChI=1S/C3H7NO5S/c4-2-1-3(5)9-10(6,7)8/h1-2,4H2,(H,6,7,8). The molecule has 0 aromatic carbocycles. The van der Waals surface area contributed by atoms with Gasteiger partial charge in [0.1, 0.15) is 0 Å². The fourth-order valence-corrected chi connectivity index (χ4v) is 0.595. The predicted octanol–water partition coefficient (Wildman–Crippen LogP) is -1.32. The van der Waals surface area contributed by atoms with E-state index in [1.807, 2.05) is 0 Å². The summed E-state index contributed by atoms with van der Waals surface area (Å²) in [5, 5.41) is 0. The van der Waals surface area contributed by atoms with Gasteiger partial charge in [-0.3, -0.25) is 9.35 Å². The van der Waals surface area contributed by atoms with Crippen LogP contribution < -0.4 is 5.73 Å². The van der Waals surface area contributed by atoms with E-state index in [1.165, 1.54) is 0 Å². The molecule has 3 N–H and O–H groups in total. The molecule has 7 heteroatoms. The molecular formula is C3H7NO5S. The molecule has 0 fully saturated rings. The van der Waals surface area contributed by atoms with Crippen molar-refractivity contribution in [1.29, 1.82) is 0 Å². The molecule has 0 aliphatic carbocycles. The van der Waals surface area contributed by atoms with Gasteiger partial charge in [0.15, 0.2) is 0 Å². The molecule has 0 saturated heterocycles. The van der Waals surface area contributed by atoms with Crippen molar-refractivity contribution in [2.24, 2.45) is 5.73 Å². The highest BCUT2D eigenvalue weighted by Gasteiger charge is 2.10. The third-order valence-electron chi connectivity index (χ3n) is 0.547. The molecular weight excluding hydrogens is 162 g/mol. The van der Waals surface area contributed by atoms with E-state index < -0.39 is 16.4 Å². The lowest BCUT2D eigenvalue weighted by Gasteiger charge is -1.95. The van der Waals surface area contributed by atoms with Crippen LogP contribution in [0.2, 0.25) is 0 Å².